The highest BCUT2D eigenvalue weighted by atomic mass is 16.3. The van der Waals surface area contributed by atoms with Gasteiger partial charge in [-0.1, -0.05) is 13.3 Å². The first kappa shape index (κ1) is 7.50. The molecule has 0 aromatic rings. The molecule has 48 valence electrons. The van der Waals surface area contributed by atoms with Crippen LogP contribution in [0.4, 0.5) is 0 Å². The average Bonchev–Trinajstić information content (AvgIpc) is 1.68. The van der Waals surface area contributed by atoms with Crippen molar-refractivity contribution in [2.75, 3.05) is 0 Å². The number of aliphatic hydroxyl groups is 2. The van der Waals surface area contributed by atoms with Gasteiger partial charge in [0.05, 0.1) is 12.4 Å². The van der Waals surface area contributed by atoms with Gasteiger partial charge in [0.1, 0.15) is 0 Å². The topological polar surface area (TPSA) is 40.5 Å². The van der Waals surface area contributed by atoms with Crippen molar-refractivity contribution in [3.05, 3.63) is 12.3 Å². The molecule has 0 fully saturated rings. The van der Waals surface area contributed by atoms with Crippen molar-refractivity contribution >= 4 is 0 Å². The molecule has 0 saturated heterocycles. The summed E-state index contributed by atoms with van der Waals surface area (Å²) < 4.78 is 0. The van der Waals surface area contributed by atoms with E-state index in [-0.39, 0.29) is 0 Å². The summed E-state index contributed by atoms with van der Waals surface area (Å²) in [6.45, 7) is 1.98. The molecule has 0 aliphatic heterocycles. The van der Waals surface area contributed by atoms with Gasteiger partial charge in [0.15, 0.2) is 0 Å². The van der Waals surface area contributed by atoms with Crippen LogP contribution < -0.4 is 0 Å². The molecule has 2 heteroatoms. The van der Waals surface area contributed by atoms with Crippen LogP contribution >= 0.6 is 0 Å². The van der Waals surface area contributed by atoms with Gasteiger partial charge in [-0.15, -0.1) is 0 Å². The molecule has 2 N–H and O–H groups in total. The van der Waals surface area contributed by atoms with E-state index in [4.69, 9.17) is 10.2 Å². The molecule has 0 aliphatic rings. The fourth-order valence-electron chi connectivity index (χ4n) is 0.491. The van der Waals surface area contributed by atoms with E-state index in [1.807, 2.05) is 6.92 Å². The molecule has 0 aliphatic carbocycles. The number of hydrogen-bond donors (Lipinski definition) is 2. The van der Waals surface area contributed by atoms with E-state index in [2.05, 4.69) is 0 Å². The third-order valence-corrected chi connectivity index (χ3v) is 0.893. The van der Waals surface area contributed by atoms with Crippen LogP contribution in [0.5, 0.6) is 0 Å². The zero-order valence-electron chi connectivity index (χ0n) is 5.04. The Morgan fingerprint density at radius 1 is 1.62 bits per heavy atom. The first-order valence-corrected chi connectivity index (χ1v) is 2.80. The molecule has 8 heavy (non-hydrogen) atoms. The van der Waals surface area contributed by atoms with Gasteiger partial charge in [0.2, 0.25) is 0 Å². The first-order valence-electron chi connectivity index (χ1n) is 2.80. The molecule has 1 unspecified atom stereocenters. The highest BCUT2D eigenvalue weighted by Crippen LogP contribution is 1.95. The molecular weight excluding hydrogens is 104 g/mol. The predicted octanol–water partition coefficient (Wildman–Crippen LogP) is 1.22. The van der Waals surface area contributed by atoms with Crippen LogP contribution in [0.1, 0.15) is 19.8 Å². The van der Waals surface area contributed by atoms with E-state index >= 15 is 0 Å². The van der Waals surface area contributed by atoms with E-state index in [1.165, 1.54) is 6.08 Å². The van der Waals surface area contributed by atoms with Gasteiger partial charge in [-0.05, 0) is 12.5 Å². The maximum Gasteiger partial charge on any atom is 0.0777 e. The lowest BCUT2D eigenvalue weighted by Crippen LogP contribution is -1.99. The Hall–Kier alpha value is -0.500. The summed E-state index contributed by atoms with van der Waals surface area (Å²) in [6.07, 6.45) is 3.43. The van der Waals surface area contributed by atoms with Crippen LogP contribution in [-0.2, 0) is 0 Å². The van der Waals surface area contributed by atoms with Gasteiger partial charge >= 0.3 is 0 Å². The van der Waals surface area contributed by atoms with Crippen LogP contribution in [0.2, 0.25) is 0 Å². The lowest BCUT2D eigenvalue weighted by Gasteiger charge is -1.98. The number of aliphatic hydroxyl groups excluding tert-OH is 2. The van der Waals surface area contributed by atoms with Gasteiger partial charge in [-0.3, -0.25) is 0 Å². The van der Waals surface area contributed by atoms with Crippen LogP contribution in [0, 0.1) is 0 Å². The van der Waals surface area contributed by atoms with Crippen molar-refractivity contribution in [1.29, 1.82) is 0 Å². The van der Waals surface area contributed by atoms with Gasteiger partial charge in [0, 0.05) is 0 Å². The van der Waals surface area contributed by atoms with Gasteiger partial charge in [0.25, 0.3) is 0 Å². The molecule has 1 atom stereocenters. The van der Waals surface area contributed by atoms with Crippen LogP contribution in [-0.4, -0.2) is 16.3 Å². The Bertz CT molecular complexity index is 68.9. The second-order valence-electron chi connectivity index (χ2n) is 1.70. The second kappa shape index (κ2) is 4.65. The fraction of sp³-hybridized carbons (Fsp3) is 0.667. The van der Waals surface area contributed by atoms with Crippen molar-refractivity contribution < 1.29 is 10.2 Å². The number of rotatable bonds is 3. The van der Waals surface area contributed by atoms with Gasteiger partial charge < -0.3 is 10.2 Å². The lowest BCUT2D eigenvalue weighted by atomic mass is 10.2. The zero-order valence-corrected chi connectivity index (χ0v) is 5.04. The molecule has 0 spiro atoms. The zero-order chi connectivity index (χ0) is 6.41. The molecular formula is C6H12O2. The van der Waals surface area contributed by atoms with Gasteiger partial charge in [-0.25, -0.2) is 0 Å². The van der Waals surface area contributed by atoms with Crippen LogP contribution in [0.3, 0.4) is 0 Å². The summed E-state index contributed by atoms with van der Waals surface area (Å²) in [5.41, 5.74) is 0. The average molecular weight is 116 g/mol. The third kappa shape index (κ3) is 3.68. The standard InChI is InChI=1S/C6H12O2/c1-2-3-6(8)4-5-7/h4-8H,2-3H2,1H3/b5-4+. The molecule has 0 heterocycles. The molecule has 0 radical (unpaired) electrons. The van der Waals surface area contributed by atoms with Crippen molar-refractivity contribution in [3.8, 4) is 0 Å². The van der Waals surface area contributed by atoms with Gasteiger partial charge in [-0.2, -0.15) is 0 Å². The first-order chi connectivity index (χ1) is 3.81. The quantitative estimate of drug-likeness (QED) is 0.544. The summed E-state index contributed by atoms with van der Waals surface area (Å²) in [7, 11) is 0. The van der Waals surface area contributed by atoms with E-state index in [9.17, 15) is 0 Å². The molecule has 0 aromatic heterocycles. The minimum absolute atomic E-state index is 0.468. The molecule has 0 aromatic carbocycles. The van der Waals surface area contributed by atoms with E-state index in [1.54, 1.807) is 0 Å². The Morgan fingerprint density at radius 3 is 2.62 bits per heavy atom. The Labute approximate surface area is 49.5 Å². The molecule has 0 rings (SSSR count). The SMILES string of the molecule is CCCC(O)/C=C/O. The molecule has 0 bridgehead atoms. The normalized spacial score (nSPS) is 14.8. The second-order valence-corrected chi connectivity index (χ2v) is 1.70. The molecule has 0 amide bonds. The largest absolute Gasteiger partial charge is 0.516 e. The van der Waals surface area contributed by atoms with Crippen molar-refractivity contribution in [3.63, 3.8) is 0 Å². The maximum absolute atomic E-state index is 8.80. The Kier molecular flexibility index (Phi) is 4.36. The summed E-state index contributed by atoms with van der Waals surface area (Å²) in [5, 5.41) is 16.9. The van der Waals surface area contributed by atoms with Crippen molar-refractivity contribution in [2.24, 2.45) is 0 Å². The smallest absolute Gasteiger partial charge is 0.0777 e. The third-order valence-electron chi connectivity index (χ3n) is 0.893. The van der Waals surface area contributed by atoms with Crippen molar-refractivity contribution in [1.82, 2.24) is 0 Å². The minimum atomic E-state index is -0.468. The van der Waals surface area contributed by atoms with E-state index < -0.39 is 6.10 Å². The Balaban J connectivity index is 3.17. The summed E-state index contributed by atoms with van der Waals surface area (Å²) in [5.74, 6) is 0. The highest BCUT2D eigenvalue weighted by molar-refractivity contribution is 4.80. The molecule has 2 nitrogen and oxygen atoms in total. The Morgan fingerprint density at radius 2 is 2.25 bits per heavy atom. The monoisotopic (exact) mass is 116 g/mol. The maximum atomic E-state index is 8.80. The summed E-state index contributed by atoms with van der Waals surface area (Å²) in [4.78, 5) is 0. The summed E-state index contributed by atoms with van der Waals surface area (Å²) in [6, 6.07) is 0. The van der Waals surface area contributed by atoms with Crippen LogP contribution in [0.15, 0.2) is 12.3 Å². The van der Waals surface area contributed by atoms with E-state index in [0.29, 0.717) is 0 Å². The minimum Gasteiger partial charge on any atom is -0.516 e. The van der Waals surface area contributed by atoms with Crippen LogP contribution in [0.25, 0.3) is 0 Å². The molecule has 0 saturated carbocycles. The fourth-order valence-corrected chi connectivity index (χ4v) is 0.491. The number of hydrogen-bond acceptors (Lipinski definition) is 2. The summed E-state index contributed by atoms with van der Waals surface area (Å²) >= 11 is 0. The van der Waals surface area contributed by atoms with Crippen molar-refractivity contribution in [2.45, 2.75) is 25.9 Å². The highest BCUT2D eigenvalue weighted by Gasteiger charge is 1.93. The lowest BCUT2D eigenvalue weighted by molar-refractivity contribution is 0.208. The predicted molar refractivity (Wildman–Crippen MR) is 32.7 cm³/mol. The van der Waals surface area contributed by atoms with E-state index in [0.717, 1.165) is 19.1 Å².